The van der Waals surface area contributed by atoms with Crippen LogP contribution in [-0.2, 0) is 20.1 Å². The highest BCUT2D eigenvalue weighted by molar-refractivity contribution is 5.50. The van der Waals surface area contributed by atoms with E-state index in [1.54, 1.807) is 0 Å². The molecule has 0 atom stereocenters. The molecule has 0 unspecified atom stereocenters. The molecule has 1 N–H and O–H groups in total. The zero-order valence-electron chi connectivity index (χ0n) is 16.2. The number of nitrogens with zero attached hydrogens (tertiary/aromatic N) is 5. The smallest absolute Gasteiger partial charge is 0.130 e. The Bertz CT molecular complexity index is 665. The molecule has 0 spiro atoms. The molecule has 0 bridgehead atoms. The van der Waals surface area contributed by atoms with Crippen molar-refractivity contribution in [3.63, 3.8) is 0 Å². The van der Waals surface area contributed by atoms with E-state index >= 15 is 0 Å². The third-order valence-electron chi connectivity index (χ3n) is 4.24. The van der Waals surface area contributed by atoms with Crippen LogP contribution >= 0.6 is 0 Å². The Kier molecular flexibility index (Phi) is 6.04. The fourth-order valence-corrected chi connectivity index (χ4v) is 3.24. The summed E-state index contributed by atoms with van der Waals surface area (Å²) in [5.41, 5.74) is 4.82. The molecule has 2 aromatic rings. The van der Waals surface area contributed by atoms with Crippen LogP contribution in [0.1, 0.15) is 48.8 Å². The second kappa shape index (κ2) is 7.83. The molecular formula is C18H32N6. The first kappa shape index (κ1) is 18.5. The van der Waals surface area contributed by atoms with Crippen LogP contribution in [0.5, 0.6) is 0 Å². The van der Waals surface area contributed by atoms with E-state index in [0.29, 0.717) is 5.92 Å². The van der Waals surface area contributed by atoms with E-state index in [0.717, 1.165) is 31.7 Å². The monoisotopic (exact) mass is 332 g/mol. The zero-order valence-corrected chi connectivity index (χ0v) is 16.2. The van der Waals surface area contributed by atoms with Crippen molar-refractivity contribution in [3.8, 4) is 0 Å². The number of nitrogens with one attached hydrogen (secondary N) is 1. The van der Waals surface area contributed by atoms with Crippen molar-refractivity contribution >= 4 is 5.82 Å². The highest BCUT2D eigenvalue weighted by atomic mass is 15.4. The number of hydrogen-bond acceptors (Lipinski definition) is 4. The van der Waals surface area contributed by atoms with Gasteiger partial charge in [0, 0.05) is 45.5 Å². The SMILES string of the molecule is Cc1cc(C)n(CCCNCc2c(C(C)C)nn(C)c2N(C)C)n1. The third-order valence-corrected chi connectivity index (χ3v) is 4.24. The average molecular weight is 332 g/mol. The molecule has 134 valence electrons. The lowest BCUT2D eigenvalue weighted by atomic mass is 10.1. The lowest BCUT2D eigenvalue weighted by Crippen LogP contribution is -2.21. The van der Waals surface area contributed by atoms with Crippen LogP contribution in [0.15, 0.2) is 6.07 Å². The summed E-state index contributed by atoms with van der Waals surface area (Å²) in [6.07, 6.45) is 1.07. The van der Waals surface area contributed by atoms with E-state index in [2.05, 4.69) is 60.9 Å². The summed E-state index contributed by atoms with van der Waals surface area (Å²) in [4.78, 5) is 2.14. The molecule has 0 saturated heterocycles. The highest BCUT2D eigenvalue weighted by Crippen LogP contribution is 2.26. The first-order valence-corrected chi connectivity index (χ1v) is 8.76. The van der Waals surface area contributed by atoms with Crippen molar-refractivity contribution in [2.24, 2.45) is 7.05 Å². The minimum absolute atomic E-state index is 0.427. The molecule has 2 heterocycles. The van der Waals surface area contributed by atoms with Crippen LogP contribution in [-0.4, -0.2) is 40.2 Å². The number of hydrogen-bond donors (Lipinski definition) is 1. The Morgan fingerprint density at radius 2 is 1.92 bits per heavy atom. The van der Waals surface area contributed by atoms with Gasteiger partial charge >= 0.3 is 0 Å². The normalized spacial score (nSPS) is 11.5. The predicted molar refractivity (Wildman–Crippen MR) is 99.6 cm³/mol. The molecule has 6 nitrogen and oxygen atoms in total. The van der Waals surface area contributed by atoms with Gasteiger partial charge in [-0.1, -0.05) is 13.8 Å². The summed E-state index contributed by atoms with van der Waals surface area (Å²) in [5, 5.41) is 12.8. The lowest BCUT2D eigenvalue weighted by molar-refractivity contribution is 0.531. The fourth-order valence-electron chi connectivity index (χ4n) is 3.24. The van der Waals surface area contributed by atoms with Crippen molar-refractivity contribution in [1.29, 1.82) is 0 Å². The Morgan fingerprint density at radius 3 is 2.46 bits per heavy atom. The topological polar surface area (TPSA) is 50.9 Å². The van der Waals surface area contributed by atoms with Crippen LogP contribution < -0.4 is 10.2 Å². The maximum Gasteiger partial charge on any atom is 0.130 e. The molecular weight excluding hydrogens is 300 g/mol. The van der Waals surface area contributed by atoms with E-state index in [9.17, 15) is 0 Å². The van der Waals surface area contributed by atoms with Crippen molar-refractivity contribution < 1.29 is 0 Å². The second-order valence-corrected chi connectivity index (χ2v) is 7.04. The summed E-state index contributed by atoms with van der Waals surface area (Å²) < 4.78 is 4.08. The summed E-state index contributed by atoms with van der Waals surface area (Å²) in [7, 11) is 6.18. The highest BCUT2D eigenvalue weighted by Gasteiger charge is 2.19. The van der Waals surface area contributed by atoms with E-state index in [-0.39, 0.29) is 0 Å². The van der Waals surface area contributed by atoms with Crippen LogP contribution in [0.2, 0.25) is 0 Å². The Morgan fingerprint density at radius 1 is 1.21 bits per heavy atom. The summed E-state index contributed by atoms with van der Waals surface area (Å²) in [6.45, 7) is 11.3. The van der Waals surface area contributed by atoms with Gasteiger partial charge in [-0.3, -0.25) is 9.36 Å². The van der Waals surface area contributed by atoms with Crippen LogP contribution in [0, 0.1) is 13.8 Å². The quantitative estimate of drug-likeness (QED) is 0.755. The maximum absolute atomic E-state index is 4.71. The molecule has 2 aromatic heterocycles. The second-order valence-electron chi connectivity index (χ2n) is 7.04. The minimum atomic E-state index is 0.427. The molecule has 0 radical (unpaired) electrons. The van der Waals surface area contributed by atoms with E-state index in [4.69, 9.17) is 5.10 Å². The van der Waals surface area contributed by atoms with Gasteiger partial charge in [-0.25, -0.2) is 0 Å². The van der Waals surface area contributed by atoms with Gasteiger partial charge in [-0.2, -0.15) is 10.2 Å². The van der Waals surface area contributed by atoms with Crippen LogP contribution in [0.4, 0.5) is 5.82 Å². The molecule has 0 fully saturated rings. The Balaban J connectivity index is 1.93. The van der Waals surface area contributed by atoms with Gasteiger partial charge in [0.15, 0.2) is 0 Å². The first-order valence-electron chi connectivity index (χ1n) is 8.76. The molecule has 0 aliphatic rings. The molecule has 0 aliphatic heterocycles. The van der Waals surface area contributed by atoms with Gasteiger partial charge in [0.2, 0.25) is 0 Å². The molecule has 0 aromatic carbocycles. The van der Waals surface area contributed by atoms with Gasteiger partial charge < -0.3 is 10.2 Å². The van der Waals surface area contributed by atoms with Gasteiger partial charge in [0.25, 0.3) is 0 Å². The number of aryl methyl sites for hydroxylation is 4. The largest absolute Gasteiger partial charge is 0.363 e. The summed E-state index contributed by atoms with van der Waals surface area (Å²) in [5.74, 6) is 1.61. The first-order chi connectivity index (χ1) is 11.3. The standard InChI is InChI=1S/C18H32N6/c1-13(2)17-16(18(22(5)6)23(7)21-17)12-19-9-8-10-24-15(4)11-14(3)20-24/h11,13,19H,8-10,12H2,1-7H3. The van der Waals surface area contributed by atoms with Crippen LogP contribution in [0.3, 0.4) is 0 Å². The Labute approximate surface area is 145 Å². The van der Waals surface area contributed by atoms with E-state index < -0.39 is 0 Å². The van der Waals surface area contributed by atoms with Crippen molar-refractivity contribution in [2.75, 3.05) is 25.5 Å². The summed E-state index contributed by atoms with van der Waals surface area (Å²) in [6, 6.07) is 2.13. The molecule has 0 aliphatic carbocycles. The number of anilines is 1. The predicted octanol–water partition coefficient (Wildman–Crippen LogP) is 2.60. The van der Waals surface area contributed by atoms with Gasteiger partial charge in [-0.15, -0.1) is 0 Å². The average Bonchev–Trinajstić information content (AvgIpc) is 2.98. The molecule has 2 rings (SSSR count). The lowest BCUT2D eigenvalue weighted by Gasteiger charge is -2.16. The number of rotatable bonds is 8. The fraction of sp³-hybridized carbons (Fsp3) is 0.667. The van der Waals surface area contributed by atoms with Crippen molar-refractivity contribution in [3.05, 3.63) is 28.7 Å². The zero-order chi connectivity index (χ0) is 17.9. The third kappa shape index (κ3) is 4.17. The molecule has 6 heteroatoms. The van der Waals surface area contributed by atoms with Crippen molar-refractivity contribution in [2.45, 2.75) is 53.1 Å². The van der Waals surface area contributed by atoms with E-state index in [1.165, 1.54) is 22.8 Å². The Hall–Kier alpha value is -1.82. The van der Waals surface area contributed by atoms with Gasteiger partial charge in [-0.05, 0) is 38.8 Å². The van der Waals surface area contributed by atoms with Crippen molar-refractivity contribution in [1.82, 2.24) is 24.9 Å². The molecule has 0 saturated carbocycles. The molecule has 0 amide bonds. The maximum atomic E-state index is 4.71. The molecule has 24 heavy (non-hydrogen) atoms. The summed E-state index contributed by atoms with van der Waals surface area (Å²) >= 11 is 0. The van der Waals surface area contributed by atoms with E-state index in [1.807, 2.05) is 18.7 Å². The van der Waals surface area contributed by atoms with Gasteiger partial charge in [0.05, 0.1) is 11.4 Å². The van der Waals surface area contributed by atoms with Gasteiger partial charge in [0.1, 0.15) is 5.82 Å². The van der Waals surface area contributed by atoms with Crippen LogP contribution in [0.25, 0.3) is 0 Å². The number of aromatic nitrogens is 4. The minimum Gasteiger partial charge on any atom is -0.363 e.